The number of carbonyl (C=O) groups excluding carboxylic acids is 1. The molecule has 3 saturated carbocycles. The molecule has 0 radical (unpaired) electrons. The molecular formula is C18H25F2N3O2. The summed E-state index contributed by atoms with van der Waals surface area (Å²) in [7, 11) is 1.75. The molecule has 0 aromatic carbocycles. The third kappa shape index (κ3) is 3.25. The molecule has 5 nitrogen and oxygen atoms in total. The second-order valence-electron chi connectivity index (χ2n) is 7.93. The van der Waals surface area contributed by atoms with Gasteiger partial charge in [-0.3, -0.25) is 10.00 Å². The molecule has 0 spiro atoms. The monoisotopic (exact) mass is 353 g/mol. The van der Waals surface area contributed by atoms with Crippen molar-refractivity contribution >= 4 is 11.9 Å². The van der Waals surface area contributed by atoms with Crippen molar-refractivity contribution in [2.45, 2.75) is 75.7 Å². The molecule has 1 aromatic heterocycles. The van der Waals surface area contributed by atoms with Crippen LogP contribution in [-0.4, -0.2) is 27.9 Å². The van der Waals surface area contributed by atoms with Gasteiger partial charge in [-0.1, -0.05) is 6.42 Å². The lowest BCUT2D eigenvalue weighted by Crippen LogP contribution is -2.34. The van der Waals surface area contributed by atoms with Gasteiger partial charge in [0.1, 0.15) is 11.9 Å². The lowest BCUT2D eigenvalue weighted by Gasteiger charge is -2.36. The minimum atomic E-state index is -2.58. The number of alkyl halides is 2. The number of aromatic nitrogens is 2. The van der Waals surface area contributed by atoms with Crippen molar-refractivity contribution < 1.29 is 18.3 Å². The Hall–Kier alpha value is -1.66. The van der Waals surface area contributed by atoms with E-state index in [9.17, 15) is 13.6 Å². The number of nitrogens with one attached hydrogen (secondary N) is 1. The van der Waals surface area contributed by atoms with Crippen LogP contribution < -0.4 is 5.32 Å². The fraction of sp³-hybridized carbons (Fsp3) is 0.778. The Balaban J connectivity index is 1.53. The van der Waals surface area contributed by atoms with Gasteiger partial charge in [0, 0.05) is 31.4 Å². The Labute approximate surface area is 146 Å². The van der Waals surface area contributed by atoms with E-state index in [-0.39, 0.29) is 24.9 Å². The highest BCUT2D eigenvalue weighted by atomic mass is 19.3. The quantitative estimate of drug-likeness (QED) is 0.845. The van der Waals surface area contributed by atoms with E-state index in [1.807, 2.05) is 6.92 Å². The van der Waals surface area contributed by atoms with Crippen LogP contribution in [0.3, 0.4) is 0 Å². The zero-order valence-corrected chi connectivity index (χ0v) is 14.7. The van der Waals surface area contributed by atoms with Gasteiger partial charge in [-0.25, -0.2) is 13.6 Å². The average molecular weight is 353 g/mol. The summed E-state index contributed by atoms with van der Waals surface area (Å²) in [5, 5.41) is 7.33. The van der Waals surface area contributed by atoms with E-state index in [0.717, 1.165) is 43.4 Å². The maximum absolute atomic E-state index is 13.3. The third-order valence-corrected chi connectivity index (χ3v) is 5.90. The van der Waals surface area contributed by atoms with Crippen LogP contribution >= 0.6 is 0 Å². The smallest absolute Gasteiger partial charge is 0.413 e. The van der Waals surface area contributed by atoms with Gasteiger partial charge in [0.05, 0.1) is 5.69 Å². The fourth-order valence-electron chi connectivity index (χ4n) is 3.92. The van der Waals surface area contributed by atoms with E-state index in [2.05, 4.69) is 10.4 Å². The fourth-order valence-corrected chi connectivity index (χ4v) is 3.92. The van der Waals surface area contributed by atoms with Crippen LogP contribution in [0.1, 0.15) is 75.0 Å². The highest BCUT2D eigenvalue weighted by Crippen LogP contribution is 2.52. The Morgan fingerprint density at radius 1 is 1.28 bits per heavy atom. The lowest BCUT2D eigenvalue weighted by atomic mass is 9.73. The van der Waals surface area contributed by atoms with Gasteiger partial charge in [0.15, 0.2) is 0 Å². The Morgan fingerprint density at radius 2 is 1.96 bits per heavy atom. The summed E-state index contributed by atoms with van der Waals surface area (Å²) in [4.78, 5) is 12.3. The summed E-state index contributed by atoms with van der Waals surface area (Å²) < 4.78 is 33.7. The minimum absolute atomic E-state index is 0.0924. The highest BCUT2D eigenvalue weighted by Gasteiger charge is 2.49. The van der Waals surface area contributed by atoms with Crippen LogP contribution in [-0.2, 0) is 11.8 Å². The maximum atomic E-state index is 13.3. The second kappa shape index (κ2) is 5.95. The highest BCUT2D eigenvalue weighted by molar-refractivity contribution is 5.85. The Bertz CT molecular complexity index is 672. The molecule has 0 bridgehead atoms. The van der Waals surface area contributed by atoms with Gasteiger partial charge in [0.2, 0.25) is 5.92 Å². The molecule has 3 fully saturated rings. The van der Waals surface area contributed by atoms with Crippen molar-refractivity contribution in [3.05, 3.63) is 11.3 Å². The summed E-state index contributed by atoms with van der Waals surface area (Å²) in [6.45, 7) is 1.91. The number of aryl methyl sites for hydroxylation is 1. The van der Waals surface area contributed by atoms with E-state index in [4.69, 9.17) is 4.74 Å². The predicted molar refractivity (Wildman–Crippen MR) is 89.0 cm³/mol. The first-order valence-electron chi connectivity index (χ1n) is 9.26. The first kappa shape index (κ1) is 16.8. The van der Waals surface area contributed by atoms with Crippen molar-refractivity contribution in [1.82, 2.24) is 9.78 Å². The van der Waals surface area contributed by atoms with Gasteiger partial charge in [-0.2, -0.15) is 5.10 Å². The number of hydrogen-bond donors (Lipinski definition) is 1. The number of hydrogen-bond acceptors (Lipinski definition) is 3. The number of ether oxygens (including phenoxy) is 1. The summed E-state index contributed by atoms with van der Waals surface area (Å²) in [6.07, 6.45) is 4.51. The first-order chi connectivity index (χ1) is 11.8. The Kier molecular flexibility index (Phi) is 4.00. The molecule has 25 heavy (non-hydrogen) atoms. The van der Waals surface area contributed by atoms with Crippen molar-refractivity contribution in [3.63, 3.8) is 0 Å². The molecule has 0 aliphatic heterocycles. The van der Waals surface area contributed by atoms with Gasteiger partial charge in [-0.05, 0) is 44.4 Å². The van der Waals surface area contributed by atoms with Crippen LogP contribution in [0.5, 0.6) is 0 Å². The molecule has 0 saturated heterocycles. The SMILES string of the molecule is C[C@H](OC(=O)Nc1c(C2CCC2)c(C2CC(F)(F)C2)nn1C)C1CC1. The molecule has 4 rings (SSSR count). The molecule has 1 amide bonds. The number of carbonyl (C=O) groups is 1. The van der Waals surface area contributed by atoms with Crippen LogP contribution in [0, 0.1) is 5.92 Å². The third-order valence-electron chi connectivity index (χ3n) is 5.90. The van der Waals surface area contributed by atoms with Gasteiger partial charge in [0.25, 0.3) is 0 Å². The molecule has 3 aliphatic rings. The molecular weight excluding hydrogens is 328 g/mol. The number of amides is 1. The van der Waals surface area contributed by atoms with Crippen molar-refractivity contribution in [2.75, 3.05) is 5.32 Å². The molecule has 1 heterocycles. The summed E-state index contributed by atoms with van der Waals surface area (Å²) in [5.74, 6) is -1.41. The standard InChI is InChI=1S/C18H25F2N3O2/c1-10(11-6-7-11)25-17(24)21-16-14(12-4-3-5-12)15(22-23(16)2)13-8-18(19,20)9-13/h10-13H,3-9H2,1-2H3,(H,21,24)/t10-/m0/s1. The van der Waals surface area contributed by atoms with Crippen LogP contribution in [0.15, 0.2) is 0 Å². The van der Waals surface area contributed by atoms with E-state index in [0.29, 0.717) is 17.7 Å². The first-order valence-corrected chi connectivity index (χ1v) is 9.26. The molecule has 1 atom stereocenters. The summed E-state index contributed by atoms with van der Waals surface area (Å²) in [6, 6.07) is 0. The second-order valence-corrected chi connectivity index (χ2v) is 7.93. The van der Waals surface area contributed by atoms with E-state index in [1.54, 1.807) is 11.7 Å². The molecule has 1 N–H and O–H groups in total. The van der Waals surface area contributed by atoms with E-state index < -0.39 is 12.0 Å². The normalized spacial score (nSPS) is 24.3. The van der Waals surface area contributed by atoms with Gasteiger partial charge >= 0.3 is 6.09 Å². The van der Waals surface area contributed by atoms with Gasteiger partial charge < -0.3 is 4.74 Å². The Morgan fingerprint density at radius 3 is 2.48 bits per heavy atom. The van der Waals surface area contributed by atoms with Crippen molar-refractivity contribution in [3.8, 4) is 0 Å². The largest absolute Gasteiger partial charge is 0.446 e. The van der Waals surface area contributed by atoms with Crippen molar-refractivity contribution in [2.24, 2.45) is 13.0 Å². The minimum Gasteiger partial charge on any atom is -0.446 e. The number of anilines is 1. The molecule has 138 valence electrons. The summed E-state index contributed by atoms with van der Waals surface area (Å²) in [5.41, 5.74) is 1.69. The number of rotatable bonds is 5. The van der Waals surface area contributed by atoms with Crippen LogP contribution in [0.25, 0.3) is 0 Å². The molecule has 1 aromatic rings. The van der Waals surface area contributed by atoms with E-state index in [1.165, 1.54) is 0 Å². The van der Waals surface area contributed by atoms with E-state index >= 15 is 0 Å². The molecule has 7 heteroatoms. The molecule has 0 unspecified atom stereocenters. The van der Waals surface area contributed by atoms with Crippen LogP contribution in [0.2, 0.25) is 0 Å². The van der Waals surface area contributed by atoms with Crippen LogP contribution in [0.4, 0.5) is 19.4 Å². The lowest BCUT2D eigenvalue weighted by molar-refractivity contribution is -0.0879. The maximum Gasteiger partial charge on any atom is 0.413 e. The predicted octanol–water partition coefficient (Wildman–Crippen LogP) is 4.55. The zero-order chi connectivity index (χ0) is 17.8. The number of halogens is 2. The van der Waals surface area contributed by atoms with Crippen molar-refractivity contribution in [1.29, 1.82) is 0 Å². The molecule has 3 aliphatic carbocycles. The number of nitrogens with zero attached hydrogens (tertiary/aromatic N) is 2. The van der Waals surface area contributed by atoms with Gasteiger partial charge in [-0.15, -0.1) is 0 Å². The zero-order valence-electron chi connectivity index (χ0n) is 14.7. The summed E-state index contributed by atoms with van der Waals surface area (Å²) >= 11 is 0. The topological polar surface area (TPSA) is 56.1 Å². The average Bonchev–Trinajstić information content (AvgIpc) is 3.24.